The molecule has 2 atom stereocenters. The van der Waals surface area contributed by atoms with Crippen molar-refractivity contribution in [1.29, 1.82) is 0 Å². The number of amides is 1. The minimum Gasteiger partial charge on any atom is -0.481 e. The van der Waals surface area contributed by atoms with Crippen LogP contribution in [0.5, 0.6) is 0 Å². The summed E-state index contributed by atoms with van der Waals surface area (Å²) in [7, 11) is 0. The van der Waals surface area contributed by atoms with Crippen molar-refractivity contribution in [1.82, 2.24) is 4.90 Å². The highest BCUT2D eigenvalue weighted by Gasteiger charge is 2.37. The zero-order valence-electron chi connectivity index (χ0n) is 14.5. The lowest BCUT2D eigenvalue weighted by molar-refractivity contribution is -0.152. The van der Waals surface area contributed by atoms with Gasteiger partial charge in [0.15, 0.2) is 0 Å². The molecule has 0 saturated carbocycles. The van der Waals surface area contributed by atoms with E-state index in [0.717, 1.165) is 5.56 Å². The highest BCUT2D eigenvalue weighted by atomic mass is 16.5. The Labute approximate surface area is 143 Å². The summed E-state index contributed by atoms with van der Waals surface area (Å²) >= 11 is 0. The van der Waals surface area contributed by atoms with E-state index in [1.54, 1.807) is 4.90 Å². The predicted octanol–water partition coefficient (Wildman–Crippen LogP) is 2.45. The van der Waals surface area contributed by atoms with E-state index < -0.39 is 17.8 Å². The molecule has 1 aromatic carbocycles. The van der Waals surface area contributed by atoms with Gasteiger partial charge in [-0.3, -0.25) is 9.59 Å². The van der Waals surface area contributed by atoms with Gasteiger partial charge in [-0.25, -0.2) is 0 Å². The van der Waals surface area contributed by atoms with Crippen LogP contribution in [0.4, 0.5) is 0 Å². The van der Waals surface area contributed by atoms with E-state index in [2.05, 4.69) is 0 Å². The standard InChI is InChI=1S/C19H27NO4/c1-14(2)12-17(19(22)23)16(13-15-6-4-3-5-7-15)18(21)20-8-10-24-11-9-20/h3-7,14,16-17H,8-13H2,1-2H3,(H,22,23)/t16?,17-/m1/s1. The molecule has 0 aromatic heterocycles. The van der Waals surface area contributed by atoms with E-state index in [4.69, 9.17) is 4.74 Å². The van der Waals surface area contributed by atoms with Gasteiger partial charge in [-0.1, -0.05) is 44.2 Å². The second-order valence-corrected chi connectivity index (χ2v) is 6.81. The summed E-state index contributed by atoms with van der Waals surface area (Å²) in [6, 6.07) is 9.67. The van der Waals surface area contributed by atoms with Crippen LogP contribution in [0.25, 0.3) is 0 Å². The quantitative estimate of drug-likeness (QED) is 0.832. The zero-order chi connectivity index (χ0) is 17.5. The highest BCUT2D eigenvalue weighted by molar-refractivity contribution is 5.85. The maximum Gasteiger partial charge on any atom is 0.307 e. The molecule has 1 amide bonds. The monoisotopic (exact) mass is 333 g/mol. The minimum absolute atomic E-state index is 0.0600. The molecule has 0 radical (unpaired) electrons. The van der Waals surface area contributed by atoms with Gasteiger partial charge in [0.05, 0.1) is 25.0 Å². The fourth-order valence-corrected chi connectivity index (χ4v) is 3.23. The fraction of sp³-hybridized carbons (Fsp3) is 0.579. The van der Waals surface area contributed by atoms with Crippen molar-refractivity contribution in [3.8, 4) is 0 Å². The number of hydrogen-bond acceptors (Lipinski definition) is 3. The Morgan fingerprint density at radius 2 is 1.75 bits per heavy atom. The van der Waals surface area contributed by atoms with Crippen LogP contribution in [0, 0.1) is 17.8 Å². The Kier molecular flexibility index (Phi) is 6.79. The smallest absolute Gasteiger partial charge is 0.307 e. The third-order valence-corrected chi connectivity index (χ3v) is 4.47. The molecule has 0 bridgehead atoms. The van der Waals surface area contributed by atoms with Crippen LogP contribution in [-0.4, -0.2) is 48.2 Å². The van der Waals surface area contributed by atoms with E-state index >= 15 is 0 Å². The number of nitrogens with zero attached hydrogens (tertiary/aromatic N) is 1. The average molecular weight is 333 g/mol. The summed E-state index contributed by atoms with van der Waals surface area (Å²) in [5, 5.41) is 9.72. The number of ether oxygens (including phenoxy) is 1. The van der Waals surface area contributed by atoms with Crippen molar-refractivity contribution in [3.63, 3.8) is 0 Å². The van der Waals surface area contributed by atoms with Gasteiger partial charge in [-0.2, -0.15) is 0 Å². The number of benzene rings is 1. The van der Waals surface area contributed by atoms with E-state index in [-0.39, 0.29) is 11.8 Å². The van der Waals surface area contributed by atoms with Crippen LogP contribution < -0.4 is 0 Å². The number of carboxylic acid groups (broad SMARTS) is 1. The molecule has 1 aromatic rings. The van der Waals surface area contributed by atoms with Crippen molar-refractivity contribution < 1.29 is 19.4 Å². The van der Waals surface area contributed by atoms with Crippen LogP contribution in [-0.2, 0) is 20.7 Å². The van der Waals surface area contributed by atoms with Gasteiger partial charge in [0.1, 0.15) is 0 Å². The lowest BCUT2D eigenvalue weighted by Crippen LogP contribution is -2.47. The molecule has 1 fully saturated rings. The minimum atomic E-state index is -0.883. The highest BCUT2D eigenvalue weighted by Crippen LogP contribution is 2.27. The van der Waals surface area contributed by atoms with Crippen LogP contribution in [0.3, 0.4) is 0 Å². The molecule has 1 N–H and O–H groups in total. The molecule has 2 rings (SSSR count). The second-order valence-electron chi connectivity index (χ2n) is 6.81. The van der Waals surface area contributed by atoms with E-state index in [1.165, 1.54) is 0 Å². The Hall–Kier alpha value is -1.88. The number of carbonyl (C=O) groups excluding carboxylic acids is 1. The van der Waals surface area contributed by atoms with Crippen molar-refractivity contribution in [2.75, 3.05) is 26.3 Å². The molecule has 5 heteroatoms. The third-order valence-electron chi connectivity index (χ3n) is 4.47. The maximum absolute atomic E-state index is 13.0. The number of rotatable bonds is 7. The van der Waals surface area contributed by atoms with Crippen LogP contribution in [0.1, 0.15) is 25.8 Å². The summed E-state index contributed by atoms with van der Waals surface area (Å²) in [5.41, 5.74) is 0.999. The lowest BCUT2D eigenvalue weighted by atomic mass is 9.80. The molecular weight excluding hydrogens is 306 g/mol. The van der Waals surface area contributed by atoms with Crippen molar-refractivity contribution in [3.05, 3.63) is 35.9 Å². The first-order valence-corrected chi connectivity index (χ1v) is 8.62. The molecule has 5 nitrogen and oxygen atoms in total. The first-order valence-electron chi connectivity index (χ1n) is 8.62. The summed E-state index contributed by atoms with van der Waals surface area (Å²) in [6.07, 6.45) is 0.962. The molecule has 1 unspecified atom stereocenters. The first kappa shape index (κ1) is 18.5. The fourth-order valence-electron chi connectivity index (χ4n) is 3.23. The zero-order valence-corrected chi connectivity index (χ0v) is 14.5. The number of aliphatic carboxylic acids is 1. The van der Waals surface area contributed by atoms with E-state index in [9.17, 15) is 14.7 Å². The van der Waals surface area contributed by atoms with Gasteiger partial charge in [0, 0.05) is 13.1 Å². The van der Waals surface area contributed by atoms with Gasteiger partial charge >= 0.3 is 5.97 Å². The molecule has 24 heavy (non-hydrogen) atoms. The van der Waals surface area contributed by atoms with Crippen LogP contribution in [0.15, 0.2) is 30.3 Å². The van der Waals surface area contributed by atoms with Gasteiger partial charge < -0.3 is 14.7 Å². The van der Waals surface area contributed by atoms with Crippen molar-refractivity contribution >= 4 is 11.9 Å². The molecule has 1 aliphatic heterocycles. The molecular formula is C19H27NO4. The summed E-state index contributed by atoms with van der Waals surface area (Å²) in [4.78, 5) is 26.7. The predicted molar refractivity (Wildman–Crippen MR) is 91.6 cm³/mol. The SMILES string of the molecule is CC(C)C[C@@H](C(=O)O)C(Cc1ccccc1)C(=O)N1CCOCC1. The molecule has 1 saturated heterocycles. The number of hydrogen-bond donors (Lipinski definition) is 1. The molecule has 1 heterocycles. The van der Waals surface area contributed by atoms with Gasteiger partial charge in [0.25, 0.3) is 0 Å². The number of morpholine rings is 1. The Morgan fingerprint density at radius 3 is 2.29 bits per heavy atom. The number of carboxylic acids is 1. The van der Waals surface area contributed by atoms with Crippen LogP contribution >= 0.6 is 0 Å². The van der Waals surface area contributed by atoms with Crippen LogP contribution in [0.2, 0.25) is 0 Å². The largest absolute Gasteiger partial charge is 0.481 e. The second kappa shape index (κ2) is 8.83. The Bertz CT molecular complexity index is 538. The lowest BCUT2D eigenvalue weighted by Gasteiger charge is -2.33. The summed E-state index contributed by atoms with van der Waals surface area (Å²) in [6.45, 7) is 6.11. The normalized spacial score (nSPS) is 17.5. The number of carbonyl (C=O) groups is 2. The summed E-state index contributed by atoms with van der Waals surface area (Å²) < 4.78 is 5.31. The Balaban J connectivity index is 2.24. The van der Waals surface area contributed by atoms with Gasteiger partial charge in [0.2, 0.25) is 5.91 Å². The molecule has 0 spiro atoms. The maximum atomic E-state index is 13.0. The average Bonchev–Trinajstić information content (AvgIpc) is 2.58. The topological polar surface area (TPSA) is 66.8 Å². The van der Waals surface area contributed by atoms with E-state index in [1.807, 2.05) is 44.2 Å². The Morgan fingerprint density at radius 1 is 1.12 bits per heavy atom. The van der Waals surface area contributed by atoms with Crippen molar-refractivity contribution in [2.45, 2.75) is 26.7 Å². The molecule has 0 aliphatic carbocycles. The molecule has 132 valence electrons. The van der Waals surface area contributed by atoms with Crippen molar-refractivity contribution in [2.24, 2.45) is 17.8 Å². The van der Waals surface area contributed by atoms with Gasteiger partial charge in [-0.05, 0) is 24.3 Å². The first-order chi connectivity index (χ1) is 11.5. The third kappa shape index (κ3) is 5.06. The molecule has 1 aliphatic rings. The summed E-state index contributed by atoms with van der Waals surface area (Å²) in [5.74, 6) is -1.92. The van der Waals surface area contributed by atoms with Gasteiger partial charge in [-0.15, -0.1) is 0 Å². The van der Waals surface area contributed by atoms with E-state index in [0.29, 0.717) is 39.1 Å².